The first kappa shape index (κ1) is 16.6. The number of sulfonamides is 1. The highest BCUT2D eigenvalue weighted by Crippen LogP contribution is 2.39. The van der Waals surface area contributed by atoms with Crippen LogP contribution in [0.1, 0.15) is 24.1 Å². The molecule has 3 rings (SSSR count). The molecule has 1 aromatic rings. The molecule has 6 nitrogen and oxygen atoms in total. The Balaban J connectivity index is 1.98. The van der Waals surface area contributed by atoms with Gasteiger partial charge in [0, 0.05) is 31.6 Å². The first-order chi connectivity index (χ1) is 10.6. The van der Waals surface area contributed by atoms with E-state index in [1.807, 2.05) is 0 Å². The summed E-state index contributed by atoms with van der Waals surface area (Å²) in [7, 11) is -3.87. The second-order valence-corrected chi connectivity index (χ2v) is 8.01. The van der Waals surface area contributed by atoms with Gasteiger partial charge in [0.25, 0.3) is 0 Å². The minimum absolute atomic E-state index is 0.0138. The van der Waals surface area contributed by atoms with Gasteiger partial charge in [0.1, 0.15) is 4.90 Å². The second-order valence-electron chi connectivity index (χ2n) is 6.14. The quantitative estimate of drug-likeness (QED) is 0.879. The van der Waals surface area contributed by atoms with E-state index in [1.165, 1.54) is 11.2 Å². The molecular formula is C13H17F3N4O2S. The standard InChI is InChI=1S/C13H17F3N4O2S/c1-3-9-10(8(2)18-11(19-9)13(14,15)16)23(21,22)20-6-12(7-20)4-17-5-12/h17H,3-7H2,1-2H3. The Morgan fingerprint density at radius 1 is 1.26 bits per heavy atom. The van der Waals surface area contributed by atoms with Crippen molar-refractivity contribution in [3.63, 3.8) is 0 Å². The lowest BCUT2D eigenvalue weighted by Crippen LogP contribution is -2.71. The number of nitrogens with one attached hydrogen (secondary N) is 1. The topological polar surface area (TPSA) is 75.2 Å². The Hall–Kier alpha value is -1.26. The average Bonchev–Trinajstić information content (AvgIpc) is 2.32. The van der Waals surface area contributed by atoms with Crippen LogP contribution in [0, 0.1) is 12.3 Å². The highest BCUT2D eigenvalue weighted by atomic mass is 32.2. The van der Waals surface area contributed by atoms with Gasteiger partial charge in [0.15, 0.2) is 0 Å². The van der Waals surface area contributed by atoms with E-state index in [0.29, 0.717) is 13.1 Å². The number of aromatic nitrogens is 2. The van der Waals surface area contributed by atoms with Crippen molar-refractivity contribution in [3.8, 4) is 0 Å². The maximum Gasteiger partial charge on any atom is 0.451 e. The Morgan fingerprint density at radius 3 is 2.30 bits per heavy atom. The number of rotatable bonds is 3. The molecule has 1 spiro atoms. The monoisotopic (exact) mass is 350 g/mol. The van der Waals surface area contributed by atoms with Crippen LogP contribution in [0.5, 0.6) is 0 Å². The van der Waals surface area contributed by atoms with Gasteiger partial charge in [0.05, 0.1) is 11.4 Å². The summed E-state index contributed by atoms with van der Waals surface area (Å²) in [6.07, 6.45) is -4.61. The van der Waals surface area contributed by atoms with E-state index in [0.717, 1.165) is 13.1 Å². The third-order valence-corrected chi connectivity index (χ3v) is 6.30. The van der Waals surface area contributed by atoms with Crippen LogP contribution >= 0.6 is 0 Å². The molecule has 3 heterocycles. The summed E-state index contributed by atoms with van der Waals surface area (Å²) >= 11 is 0. The molecule has 0 aliphatic carbocycles. The summed E-state index contributed by atoms with van der Waals surface area (Å²) in [6, 6.07) is 0. The Morgan fingerprint density at radius 2 is 1.87 bits per heavy atom. The number of nitrogens with zero attached hydrogens (tertiary/aromatic N) is 3. The lowest BCUT2D eigenvalue weighted by molar-refractivity contribution is -0.145. The molecule has 0 amide bonds. The van der Waals surface area contributed by atoms with E-state index in [4.69, 9.17) is 0 Å². The van der Waals surface area contributed by atoms with Crippen LogP contribution in [-0.4, -0.2) is 48.9 Å². The minimum Gasteiger partial charge on any atom is -0.315 e. The van der Waals surface area contributed by atoms with Gasteiger partial charge in [0.2, 0.25) is 15.8 Å². The maximum absolute atomic E-state index is 12.8. The maximum atomic E-state index is 12.8. The van der Waals surface area contributed by atoms with Gasteiger partial charge in [-0.3, -0.25) is 0 Å². The zero-order chi connectivity index (χ0) is 17.0. The largest absolute Gasteiger partial charge is 0.451 e. The molecule has 0 unspecified atom stereocenters. The van der Waals surface area contributed by atoms with Gasteiger partial charge < -0.3 is 5.32 Å². The molecule has 128 valence electrons. The summed E-state index contributed by atoms with van der Waals surface area (Å²) < 4.78 is 65.2. The fourth-order valence-corrected chi connectivity index (χ4v) is 5.08. The van der Waals surface area contributed by atoms with Crippen LogP contribution in [0.3, 0.4) is 0 Å². The molecular weight excluding hydrogens is 333 g/mol. The van der Waals surface area contributed by atoms with Crippen LogP contribution in [0.25, 0.3) is 0 Å². The molecule has 0 aromatic carbocycles. The van der Waals surface area contributed by atoms with E-state index in [1.54, 1.807) is 6.92 Å². The molecule has 1 N–H and O–H groups in total. The van der Waals surface area contributed by atoms with Crippen LogP contribution in [0.4, 0.5) is 13.2 Å². The number of alkyl halides is 3. The van der Waals surface area contributed by atoms with E-state index in [9.17, 15) is 21.6 Å². The van der Waals surface area contributed by atoms with Gasteiger partial charge in [-0.05, 0) is 13.3 Å². The van der Waals surface area contributed by atoms with E-state index >= 15 is 0 Å². The highest BCUT2D eigenvalue weighted by Gasteiger charge is 2.52. The summed E-state index contributed by atoms with van der Waals surface area (Å²) in [5.74, 6) is -1.30. The molecule has 0 radical (unpaired) electrons. The molecule has 1 aromatic heterocycles. The van der Waals surface area contributed by atoms with E-state index in [-0.39, 0.29) is 28.1 Å². The van der Waals surface area contributed by atoms with Gasteiger partial charge in [-0.25, -0.2) is 18.4 Å². The number of hydrogen-bond donors (Lipinski definition) is 1. The van der Waals surface area contributed by atoms with Crippen molar-refractivity contribution in [1.29, 1.82) is 0 Å². The fraction of sp³-hybridized carbons (Fsp3) is 0.692. The second kappa shape index (κ2) is 5.12. The third-order valence-electron chi connectivity index (χ3n) is 4.32. The van der Waals surface area contributed by atoms with Crippen molar-refractivity contribution >= 4 is 10.0 Å². The van der Waals surface area contributed by atoms with Gasteiger partial charge in [-0.2, -0.15) is 17.5 Å². The lowest BCUT2D eigenvalue weighted by atomic mass is 9.76. The molecule has 0 bridgehead atoms. The molecule has 23 heavy (non-hydrogen) atoms. The van der Waals surface area contributed by atoms with Gasteiger partial charge >= 0.3 is 6.18 Å². The minimum atomic E-state index is -4.70. The molecule has 2 fully saturated rings. The third kappa shape index (κ3) is 2.62. The van der Waals surface area contributed by atoms with Crippen molar-refractivity contribution < 1.29 is 21.6 Å². The van der Waals surface area contributed by atoms with Crippen LogP contribution in [0.15, 0.2) is 4.90 Å². The molecule has 10 heteroatoms. The summed E-state index contributed by atoms with van der Waals surface area (Å²) in [6.45, 7) is 5.15. The first-order valence-corrected chi connectivity index (χ1v) is 8.69. The number of halogens is 3. The lowest BCUT2D eigenvalue weighted by Gasteiger charge is -2.55. The number of hydrogen-bond acceptors (Lipinski definition) is 5. The number of aryl methyl sites for hydroxylation is 2. The van der Waals surface area contributed by atoms with Gasteiger partial charge in [-0.15, -0.1) is 0 Å². The molecule has 0 saturated carbocycles. The average molecular weight is 350 g/mol. The van der Waals surface area contributed by atoms with Crippen molar-refractivity contribution in [3.05, 3.63) is 17.2 Å². The van der Waals surface area contributed by atoms with Crippen molar-refractivity contribution in [2.24, 2.45) is 5.41 Å². The Bertz CT molecular complexity index is 736. The SMILES string of the molecule is CCc1nc(C(F)(F)F)nc(C)c1S(=O)(=O)N1CC2(CNC2)C1. The zero-order valence-electron chi connectivity index (χ0n) is 12.7. The molecule has 2 aliphatic heterocycles. The summed E-state index contributed by atoms with van der Waals surface area (Å²) in [5.41, 5.74) is -0.255. The summed E-state index contributed by atoms with van der Waals surface area (Å²) in [4.78, 5) is 6.64. The first-order valence-electron chi connectivity index (χ1n) is 7.25. The molecule has 2 saturated heterocycles. The zero-order valence-corrected chi connectivity index (χ0v) is 13.6. The molecule has 0 atom stereocenters. The van der Waals surface area contributed by atoms with Crippen LogP contribution in [0.2, 0.25) is 0 Å². The Labute approximate surface area is 132 Å². The highest BCUT2D eigenvalue weighted by molar-refractivity contribution is 7.89. The predicted molar refractivity (Wildman–Crippen MR) is 75.2 cm³/mol. The van der Waals surface area contributed by atoms with E-state index < -0.39 is 22.0 Å². The van der Waals surface area contributed by atoms with Crippen LogP contribution < -0.4 is 5.32 Å². The van der Waals surface area contributed by atoms with Crippen molar-refractivity contribution in [2.75, 3.05) is 26.2 Å². The van der Waals surface area contributed by atoms with Crippen molar-refractivity contribution in [1.82, 2.24) is 19.6 Å². The summed E-state index contributed by atoms with van der Waals surface area (Å²) in [5, 5.41) is 3.10. The fourth-order valence-electron chi connectivity index (χ4n) is 3.03. The predicted octanol–water partition coefficient (Wildman–Crippen LogP) is 0.960. The van der Waals surface area contributed by atoms with Crippen LogP contribution in [-0.2, 0) is 22.6 Å². The molecule has 2 aliphatic rings. The smallest absolute Gasteiger partial charge is 0.315 e. The van der Waals surface area contributed by atoms with E-state index in [2.05, 4.69) is 15.3 Å². The van der Waals surface area contributed by atoms with Crippen molar-refractivity contribution in [2.45, 2.75) is 31.3 Å². The van der Waals surface area contributed by atoms with Gasteiger partial charge in [-0.1, -0.05) is 6.92 Å². The normalized spacial score (nSPS) is 21.1. The Kier molecular flexibility index (Phi) is 3.69.